The van der Waals surface area contributed by atoms with E-state index in [1.165, 1.54) is 0 Å². The van der Waals surface area contributed by atoms with E-state index in [9.17, 15) is 9.59 Å². The molecule has 0 radical (unpaired) electrons. The molecule has 0 spiro atoms. The molecule has 5 nitrogen and oxygen atoms in total. The first-order valence-corrected chi connectivity index (χ1v) is 6.92. The highest BCUT2D eigenvalue weighted by Gasteiger charge is 2.37. The summed E-state index contributed by atoms with van der Waals surface area (Å²) in [5.74, 6) is 0.475. The minimum Gasteiger partial charge on any atom is -0.496 e. The summed E-state index contributed by atoms with van der Waals surface area (Å²) in [4.78, 5) is 28.1. The highest BCUT2D eigenvalue weighted by molar-refractivity contribution is 5.99. The van der Waals surface area contributed by atoms with Crippen LogP contribution in [0.2, 0.25) is 0 Å². The van der Waals surface area contributed by atoms with Crippen molar-refractivity contribution < 1.29 is 14.3 Å². The SMILES string of the molecule is COc1ccccc1C(=O)N1CCN(C2CC2)C(=O)C1. The largest absolute Gasteiger partial charge is 0.496 e. The maximum absolute atomic E-state index is 12.5. The molecule has 1 aliphatic carbocycles. The quantitative estimate of drug-likeness (QED) is 0.830. The molecule has 3 rings (SSSR count). The van der Waals surface area contributed by atoms with Gasteiger partial charge in [-0.2, -0.15) is 0 Å². The fourth-order valence-electron chi connectivity index (χ4n) is 2.62. The maximum Gasteiger partial charge on any atom is 0.258 e. The number of nitrogens with zero attached hydrogens (tertiary/aromatic N) is 2. The third-order valence-corrected chi connectivity index (χ3v) is 3.87. The van der Waals surface area contributed by atoms with Gasteiger partial charge in [-0.3, -0.25) is 9.59 Å². The molecule has 2 aliphatic rings. The molecule has 0 N–H and O–H groups in total. The molecule has 0 bridgehead atoms. The van der Waals surface area contributed by atoms with Crippen LogP contribution >= 0.6 is 0 Å². The first-order valence-electron chi connectivity index (χ1n) is 6.92. The van der Waals surface area contributed by atoms with Crippen molar-refractivity contribution >= 4 is 11.8 Å². The third kappa shape index (κ3) is 2.35. The number of para-hydroxylation sites is 1. The van der Waals surface area contributed by atoms with Gasteiger partial charge in [-0.15, -0.1) is 0 Å². The van der Waals surface area contributed by atoms with Crippen molar-refractivity contribution in [2.45, 2.75) is 18.9 Å². The van der Waals surface area contributed by atoms with Crippen molar-refractivity contribution in [3.63, 3.8) is 0 Å². The number of piperazine rings is 1. The Balaban J connectivity index is 1.73. The van der Waals surface area contributed by atoms with Gasteiger partial charge in [0.25, 0.3) is 5.91 Å². The zero-order valence-electron chi connectivity index (χ0n) is 11.5. The molecule has 1 heterocycles. The number of hydrogen-bond donors (Lipinski definition) is 0. The Labute approximate surface area is 118 Å². The van der Waals surface area contributed by atoms with Crippen molar-refractivity contribution in [1.29, 1.82) is 0 Å². The van der Waals surface area contributed by atoms with E-state index in [1.807, 2.05) is 11.0 Å². The minimum atomic E-state index is -0.133. The molecule has 20 heavy (non-hydrogen) atoms. The molecule has 1 saturated heterocycles. The number of rotatable bonds is 3. The number of benzene rings is 1. The Morgan fingerprint density at radius 2 is 2.00 bits per heavy atom. The summed E-state index contributed by atoms with van der Waals surface area (Å²) in [6.45, 7) is 1.41. The van der Waals surface area contributed by atoms with Gasteiger partial charge in [-0.1, -0.05) is 12.1 Å². The van der Waals surface area contributed by atoms with Crippen LogP contribution in [-0.4, -0.2) is 54.4 Å². The summed E-state index contributed by atoms with van der Waals surface area (Å²) in [7, 11) is 1.54. The number of carbonyl (C=O) groups is 2. The van der Waals surface area contributed by atoms with Gasteiger partial charge in [0, 0.05) is 19.1 Å². The summed E-state index contributed by atoms with van der Waals surface area (Å²) < 4.78 is 5.21. The van der Waals surface area contributed by atoms with Crippen molar-refractivity contribution in [2.75, 3.05) is 26.7 Å². The number of ether oxygens (including phenoxy) is 1. The van der Waals surface area contributed by atoms with Gasteiger partial charge < -0.3 is 14.5 Å². The molecule has 0 atom stereocenters. The summed E-state index contributed by atoms with van der Waals surface area (Å²) >= 11 is 0. The van der Waals surface area contributed by atoms with Crippen LogP contribution in [0.4, 0.5) is 0 Å². The first kappa shape index (κ1) is 13.0. The topological polar surface area (TPSA) is 49.9 Å². The second-order valence-electron chi connectivity index (χ2n) is 5.25. The molecule has 2 amide bonds. The Morgan fingerprint density at radius 3 is 2.65 bits per heavy atom. The van der Waals surface area contributed by atoms with Crippen LogP contribution in [0.1, 0.15) is 23.2 Å². The van der Waals surface area contributed by atoms with Crippen LogP contribution in [0.3, 0.4) is 0 Å². The lowest BCUT2D eigenvalue weighted by atomic mass is 10.1. The van der Waals surface area contributed by atoms with Crippen LogP contribution in [0.25, 0.3) is 0 Å². The molecule has 0 aromatic heterocycles. The Hall–Kier alpha value is -2.04. The van der Waals surface area contributed by atoms with E-state index in [0.29, 0.717) is 30.4 Å². The van der Waals surface area contributed by atoms with Crippen LogP contribution in [0.15, 0.2) is 24.3 Å². The standard InChI is InChI=1S/C15H18N2O3/c1-20-13-5-3-2-4-12(13)15(19)16-8-9-17(11-6-7-11)14(18)10-16/h2-5,11H,6-10H2,1H3. The molecule has 2 fully saturated rings. The molecule has 106 valence electrons. The Bertz CT molecular complexity index is 540. The zero-order chi connectivity index (χ0) is 14.1. The summed E-state index contributed by atoms with van der Waals surface area (Å²) in [5, 5.41) is 0. The van der Waals surface area contributed by atoms with Crippen LogP contribution in [0.5, 0.6) is 5.75 Å². The molecule has 1 aromatic carbocycles. The van der Waals surface area contributed by atoms with E-state index in [0.717, 1.165) is 12.8 Å². The number of methoxy groups -OCH3 is 1. The van der Waals surface area contributed by atoms with Gasteiger partial charge in [0.05, 0.1) is 12.7 Å². The van der Waals surface area contributed by atoms with Crippen molar-refractivity contribution in [1.82, 2.24) is 9.80 Å². The van der Waals surface area contributed by atoms with Crippen molar-refractivity contribution in [3.05, 3.63) is 29.8 Å². The average Bonchev–Trinajstić information content (AvgIpc) is 3.31. The second kappa shape index (κ2) is 5.15. The van der Waals surface area contributed by atoms with Crippen molar-refractivity contribution in [2.24, 2.45) is 0 Å². The summed E-state index contributed by atoms with van der Waals surface area (Å²) in [5.41, 5.74) is 0.516. The molecule has 1 aliphatic heterocycles. The molecule has 5 heteroatoms. The van der Waals surface area contributed by atoms with Gasteiger partial charge in [0.15, 0.2) is 0 Å². The zero-order valence-corrected chi connectivity index (χ0v) is 11.5. The first-order chi connectivity index (χ1) is 9.70. The highest BCUT2D eigenvalue weighted by atomic mass is 16.5. The molecule has 1 aromatic rings. The van der Waals surface area contributed by atoms with Crippen LogP contribution < -0.4 is 4.74 Å². The minimum absolute atomic E-state index is 0.0574. The van der Waals surface area contributed by atoms with Crippen LogP contribution in [0, 0.1) is 0 Å². The smallest absolute Gasteiger partial charge is 0.258 e. The summed E-state index contributed by atoms with van der Waals surface area (Å²) in [6, 6.07) is 7.55. The van der Waals surface area contributed by atoms with Gasteiger partial charge >= 0.3 is 0 Å². The van der Waals surface area contributed by atoms with E-state index in [1.54, 1.807) is 30.2 Å². The summed E-state index contributed by atoms with van der Waals surface area (Å²) in [6.07, 6.45) is 2.21. The molecule has 1 saturated carbocycles. The predicted octanol–water partition coefficient (Wildman–Crippen LogP) is 1.14. The fraction of sp³-hybridized carbons (Fsp3) is 0.467. The van der Waals surface area contributed by atoms with Gasteiger partial charge in [-0.25, -0.2) is 0 Å². The van der Waals surface area contributed by atoms with E-state index < -0.39 is 0 Å². The number of hydrogen-bond acceptors (Lipinski definition) is 3. The normalized spacial score (nSPS) is 19.1. The Morgan fingerprint density at radius 1 is 1.25 bits per heavy atom. The number of carbonyl (C=O) groups excluding carboxylic acids is 2. The molecular formula is C15H18N2O3. The van der Waals surface area contributed by atoms with E-state index in [4.69, 9.17) is 4.74 Å². The second-order valence-corrected chi connectivity index (χ2v) is 5.25. The predicted molar refractivity (Wildman–Crippen MR) is 73.6 cm³/mol. The fourth-order valence-corrected chi connectivity index (χ4v) is 2.62. The maximum atomic E-state index is 12.5. The average molecular weight is 274 g/mol. The van der Waals surface area contributed by atoms with Crippen LogP contribution in [-0.2, 0) is 4.79 Å². The van der Waals surface area contributed by atoms with Gasteiger partial charge in [0.2, 0.25) is 5.91 Å². The van der Waals surface area contributed by atoms with Crippen molar-refractivity contribution in [3.8, 4) is 5.75 Å². The van der Waals surface area contributed by atoms with E-state index in [2.05, 4.69) is 0 Å². The molecule has 0 unspecified atom stereocenters. The lowest BCUT2D eigenvalue weighted by Gasteiger charge is -2.34. The van der Waals surface area contributed by atoms with E-state index >= 15 is 0 Å². The Kier molecular flexibility index (Phi) is 3.34. The monoisotopic (exact) mass is 274 g/mol. The third-order valence-electron chi connectivity index (χ3n) is 3.87. The lowest BCUT2D eigenvalue weighted by molar-refractivity contribution is -0.135. The number of amides is 2. The van der Waals surface area contributed by atoms with Gasteiger partial charge in [-0.05, 0) is 25.0 Å². The molecular weight excluding hydrogens is 256 g/mol. The highest BCUT2D eigenvalue weighted by Crippen LogP contribution is 2.28. The van der Waals surface area contributed by atoms with Gasteiger partial charge in [0.1, 0.15) is 12.3 Å². The van der Waals surface area contributed by atoms with E-state index in [-0.39, 0.29) is 18.4 Å². The lowest BCUT2D eigenvalue weighted by Crippen LogP contribution is -2.52.